The molecular weight excluding hydrogens is 398 g/mol. The first kappa shape index (κ1) is 26.5. The normalized spacial score (nSPS) is 19.2. The molecule has 0 atom stereocenters. The number of nitrogens with one attached hydrogen (secondary N) is 1. The largest absolute Gasteiger partial charge is 0.447 e. The van der Waals surface area contributed by atoms with Crippen molar-refractivity contribution in [3.05, 3.63) is 0 Å². The number of thiol groups is 1. The zero-order chi connectivity index (χ0) is 21.0. The number of carbonyl (C=O) groups is 1. The van der Waals surface area contributed by atoms with Gasteiger partial charge in [0, 0.05) is 17.9 Å². The molecule has 0 unspecified atom stereocenters. The third-order valence-corrected chi connectivity index (χ3v) is 4.83. The van der Waals surface area contributed by atoms with Gasteiger partial charge >= 0.3 is 6.09 Å². The molecular formula is C20H39NO7S. The number of hydrogen-bond donors (Lipinski definition) is 2. The molecule has 0 aliphatic heterocycles. The van der Waals surface area contributed by atoms with E-state index in [1.54, 1.807) is 0 Å². The second kappa shape index (κ2) is 19.4. The maximum absolute atomic E-state index is 11.7. The molecule has 0 bridgehead atoms. The van der Waals surface area contributed by atoms with Crippen LogP contribution in [0.2, 0.25) is 0 Å². The summed E-state index contributed by atoms with van der Waals surface area (Å²) in [5.74, 6) is 0. The second-order valence-corrected chi connectivity index (χ2v) is 7.58. The Bertz CT molecular complexity index is 382. The van der Waals surface area contributed by atoms with Crippen molar-refractivity contribution in [1.29, 1.82) is 0 Å². The van der Waals surface area contributed by atoms with Gasteiger partial charge < -0.3 is 33.7 Å². The highest BCUT2D eigenvalue weighted by atomic mass is 32.1. The Balaban J connectivity index is 1.73. The highest BCUT2D eigenvalue weighted by Gasteiger charge is 2.20. The number of rotatable bonds is 18. The second-order valence-electron chi connectivity index (χ2n) is 6.85. The molecule has 0 aromatic carbocycles. The third kappa shape index (κ3) is 16.9. The summed E-state index contributed by atoms with van der Waals surface area (Å²) in [5.41, 5.74) is 0. The van der Waals surface area contributed by atoms with Gasteiger partial charge in [-0.25, -0.2) is 4.79 Å². The fourth-order valence-electron chi connectivity index (χ4n) is 2.75. The van der Waals surface area contributed by atoms with Gasteiger partial charge in [0.05, 0.1) is 59.5 Å². The van der Waals surface area contributed by atoms with E-state index in [-0.39, 0.29) is 18.7 Å². The molecule has 1 fully saturated rings. The van der Waals surface area contributed by atoms with E-state index >= 15 is 0 Å². The third-order valence-electron chi connectivity index (χ3n) is 4.32. The molecule has 1 aliphatic rings. The number of carbonyl (C=O) groups excluding carboxylic acids is 1. The lowest BCUT2D eigenvalue weighted by atomic mass is 9.95. The van der Waals surface area contributed by atoms with E-state index in [4.69, 9.17) is 28.4 Å². The fourth-order valence-corrected chi connectivity index (χ4v) is 3.05. The monoisotopic (exact) mass is 437 g/mol. The molecule has 1 rings (SSSR count). The molecule has 1 saturated carbocycles. The summed E-state index contributed by atoms with van der Waals surface area (Å²) in [4.78, 5) is 11.7. The average Bonchev–Trinajstić information content (AvgIpc) is 2.72. The Kier molecular flexibility index (Phi) is 17.7. The van der Waals surface area contributed by atoms with Gasteiger partial charge in [0.15, 0.2) is 0 Å². The predicted octanol–water partition coefficient (Wildman–Crippen LogP) is 2.45. The van der Waals surface area contributed by atoms with Gasteiger partial charge in [-0.05, 0) is 32.1 Å². The Morgan fingerprint density at radius 2 is 1.14 bits per heavy atom. The minimum absolute atomic E-state index is 0.203. The van der Waals surface area contributed by atoms with Crippen molar-refractivity contribution in [2.24, 2.45) is 0 Å². The summed E-state index contributed by atoms with van der Waals surface area (Å²) in [6.07, 6.45) is 4.64. The molecule has 8 nitrogen and oxygen atoms in total. The van der Waals surface area contributed by atoms with Crippen molar-refractivity contribution in [1.82, 2.24) is 5.32 Å². The highest BCUT2D eigenvalue weighted by molar-refractivity contribution is 7.80. The number of ether oxygens (including phenoxy) is 6. The average molecular weight is 438 g/mol. The SMILES string of the molecule is CCCOCCOCCOCCOCCOCCOC(=O)NC1CCC(S)CC1. The zero-order valence-electron chi connectivity index (χ0n) is 17.8. The predicted molar refractivity (Wildman–Crippen MR) is 114 cm³/mol. The van der Waals surface area contributed by atoms with Gasteiger partial charge in [0.1, 0.15) is 6.61 Å². The van der Waals surface area contributed by atoms with E-state index in [1.165, 1.54) is 0 Å². The minimum Gasteiger partial charge on any atom is -0.447 e. The van der Waals surface area contributed by atoms with E-state index in [0.29, 0.717) is 64.7 Å². The van der Waals surface area contributed by atoms with Crippen molar-refractivity contribution < 1.29 is 33.2 Å². The summed E-state index contributed by atoms with van der Waals surface area (Å²) in [6, 6.07) is 0.203. The van der Waals surface area contributed by atoms with Crippen LogP contribution in [-0.2, 0) is 28.4 Å². The Morgan fingerprint density at radius 3 is 1.59 bits per heavy atom. The molecule has 29 heavy (non-hydrogen) atoms. The van der Waals surface area contributed by atoms with Crippen LogP contribution in [0.5, 0.6) is 0 Å². The molecule has 0 saturated heterocycles. The molecule has 1 aliphatic carbocycles. The molecule has 172 valence electrons. The van der Waals surface area contributed by atoms with Crippen LogP contribution in [0.3, 0.4) is 0 Å². The molecule has 0 spiro atoms. The molecule has 0 heterocycles. The molecule has 1 N–H and O–H groups in total. The van der Waals surface area contributed by atoms with Gasteiger partial charge in [-0.1, -0.05) is 6.92 Å². The molecule has 0 radical (unpaired) electrons. The summed E-state index contributed by atoms with van der Waals surface area (Å²) < 4.78 is 32.0. The van der Waals surface area contributed by atoms with Gasteiger partial charge in [0.2, 0.25) is 0 Å². The number of amides is 1. The van der Waals surface area contributed by atoms with Crippen molar-refractivity contribution in [2.45, 2.75) is 50.3 Å². The highest BCUT2D eigenvalue weighted by Crippen LogP contribution is 2.22. The van der Waals surface area contributed by atoms with E-state index in [0.717, 1.165) is 38.7 Å². The summed E-state index contributed by atoms with van der Waals surface area (Å²) in [6.45, 7) is 7.75. The quantitative estimate of drug-likeness (QED) is 0.252. The summed E-state index contributed by atoms with van der Waals surface area (Å²) >= 11 is 4.45. The van der Waals surface area contributed by atoms with Gasteiger partial charge in [-0.3, -0.25) is 0 Å². The van der Waals surface area contributed by atoms with Crippen LogP contribution < -0.4 is 5.32 Å². The molecule has 9 heteroatoms. The van der Waals surface area contributed by atoms with Crippen LogP contribution in [0, 0.1) is 0 Å². The van der Waals surface area contributed by atoms with Crippen LogP contribution in [0.15, 0.2) is 0 Å². The Hall–Kier alpha value is -0.580. The summed E-state index contributed by atoms with van der Waals surface area (Å²) in [7, 11) is 0. The van der Waals surface area contributed by atoms with Crippen molar-refractivity contribution >= 4 is 18.7 Å². The first-order valence-corrected chi connectivity index (χ1v) is 11.2. The van der Waals surface area contributed by atoms with Crippen LogP contribution >= 0.6 is 12.6 Å². The Morgan fingerprint density at radius 1 is 0.724 bits per heavy atom. The van der Waals surface area contributed by atoms with Crippen molar-refractivity contribution in [3.63, 3.8) is 0 Å². The maximum Gasteiger partial charge on any atom is 0.407 e. The van der Waals surface area contributed by atoms with Gasteiger partial charge in [0.25, 0.3) is 0 Å². The van der Waals surface area contributed by atoms with E-state index < -0.39 is 0 Å². The number of hydrogen-bond acceptors (Lipinski definition) is 8. The minimum atomic E-state index is -0.373. The van der Waals surface area contributed by atoms with Gasteiger partial charge in [-0.2, -0.15) is 12.6 Å². The molecule has 0 aromatic heterocycles. The number of alkyl carbamates (subject to hydrolysis) is 1. The van der Waals surface area contributed by atoms with Crippen molar-refractivity contribution in [3.8, 4) is 0 Å². The zero-order valence-corrected chi connectivity index (χ0v) is 18.7. The van der Waals surface area contributed by atoms with Crippen LogP contribution in [0.25, 0.3) is 0 Å². The molecule has 1 amide bonds. The topological polar surface area (TPSA) is 84.5 Å². The smallest absolute Gasteiger partial charge is 0.407 e. The first-order valence-electron chi connectivity index (χ1n) is 10.7. The lowest BCUT2D eigenvalue weighted by Gasteiger charge is -2.26. The standard InChI is InChI=1S/C20H39NO7S/c1-2-7-23-8-9-24-10-11-25-12-13-26-14-15-27-16-17-28-20(22)21-18-3-5-19(29)6-4-18/h18-19,29H,2-17H2,1H3,(H,21,22). The van der Waals surface area contributed by atoms with Crippen LogP contribution in [0.4, 0.5) is 4.79 Å². The fraction of sp³-hybridized carbons (Fsp3) is 0.950. The van der Waals surface area contributed by atoms with Crippen molar-refractivity contribution in [2.75, 3.05) is 72.7 Å². The lowest BCUT2D eigenvalue weighted by Crippen LogP contribution is -2.38. The van der Waals surface area contributed by atoms with E-state index in [1.807, 2.05) is 0 Å². The summed E-state index contributed by atoms with van der Waals surface area (Å²) in [5, 5.41) is 3.35. The molecule has 0 aromatic rings. The van der Waals surface area contributed by atoms with E-state index in [9.17, 15) is 4.79 Å². The lowest BCUT2D eigenvalue weighted by molar-refractivity contribution is -0.0138. The van der Waals surface area contributed by atoms with E-state index in [2.05, 4.69) is 24.9 Å². The van der Waals surface area contributed by atoms with Gasteiger partial charge in [-0.15, -0.1) is 0 Å². The first-order chi connectivity index (χ1) is 14.2. The Labute approximate surface area is 180 Å². The maximum atomic E-state index is 11.7. The van der Waals surface area contributed by atoms with Crippen LogP contribution in [-0.4, -0.2) is 90.1 Å². The van der Waals surface area contributed by atoms with Crippen LogP contribution in [0.1, 0.15) is 39.0 Å².